The lowest BCUT2D eigenvalue weighted by molar-refractivity contribution is 0.357. The van der Waals surface area contributed by atoms with Crippen LogP contribution in [0.4, 0.5) is 5.69 Å². The third kappa shape index (κ3) is 2.80. The molecule has 0 amide bonds. The molecular weight excluding hydrogens is 328 g/mol. The van der Waals surface area contributed by atoms with E-state index in [0.29, 0.717) is 22.1 Å². The Bertz CT molecular complexity index is 597. The number of sulfonamides is 1. The second kappa shape index (κ2) is 5.07. The molecule has 0 heterocycles. The van der Waals surface area contributed by atoms with Crippen LogP contribution in [-0.2, 0) is 10.0 Å². The summed E-state index contributed by atoms with van der Waals surface area (Å²) in [5.41, 5.74) is 6.95. The Morgan fingerprint density at radius 3 is 2.53 bits per heavy atom. The van der Waals surface area contributed by atoms with Crippen LogP contribution in [0, 0.1) is 12.8 Å². The number of rotatable bonds is 4. The lowest BCUT2D eigenvalue weighted by Crippen LogP contribution is -2.36. The summed E-state index contributed by atoms with van der Waals surface area (Å²) in [4.78, 5) is 0.295. The first kappa shape index (κ1) is 14.8. The van der Waals surface area contributed by atoms with Gasteiger partial charge in [0.25, 0.3) is 0 Å². The minimum absolute atomic E-state index is 0.0364. The molecule has 1 atom stereocenters. The van der Waals surface area contributed by atoms with E-state index in [-0.39, 0.29) is 6.04 Å². The van der Waals surface area contributed by atoms with E-state index in [0.717, 1.165) is 17.3 Å². The molecule has 1 aromatic rings. The Hall–Kier alpha value is -0.590. The van der Waals surface area contributed by atoms with Gasteiger partial charge >= 0.3 is 0 Å². The number of benzene rings is 1. The number of hydrogen-bond acceptors (Lipinski definition) is 3. The van der Waals surface area contributed by atoms with Crippen LogP contribution >= 0.6 is 15.9 Å². The second-order valence-corrected chi connectivity index (χ2v) is 8.06. The minimum Gasteiger partial charge on any atom is -0.398 e. The number of aryl methyl sites for hydroxylation is 1. The van der Waals surface area contributed by atoms with E-state index in [1.165, 1.54) is 10.4 Å². The normalized spacial score (nSPS) is 17.7. The van der Waals surface area contributed by atoms with Crippen LogP contribution in [0.3, 0.4) is 0 Å². The molecule has 1 unspecified atom stereocenters. The van der Waals surface area contributed by atoms with Crippen LogP contribution < -0.4 is 5.73 Å². The monoisotopic (exact) mass is 346 g/mol. The van der Waals surface area contributed by atoms with Gasteiger partial charge in [-0.15, -0.1) is 0 Å². The highest BCUT2D eigenvalue weighted by molar-refractivity contribution is 9.10. The largest absolute Gasteiger partial charge is 0.398 e. The zero-order chi connectivity index (χ0) is 14.4. The first-order valence-electron chi connectivity index (χ1n) is 6.28. The molecule has 0 aliphatic heterocycles. The molecule has 0 radical (unpaired) electrons. The lowest BCUT2D eigenvalue weighted by atomic mass is 10.2. The van der Waals surface area contributed by atoms with Crippen molar-refractivity contribution in [3.8, 4) is 0 Å². The maximum atomic E-state index is 12.6. The van der Waals surface area contributed by atoms with Crippen molar-refractivity contribution in [2.75, 3.05) is 12.8 Å². The zero-order valence-corrected chi connectivity index (χ0v) is 13.8. The average Bonchev–Trinajstić information content (AvgIpc) is 3.15. The quantitative estimate of drug-likeness (QED) is 0.852. The van der Waals surface area contributed by atoms with Crippen LogP contribution in [0.15, 0.2) is 21.5 Å². The van der Waals surface area contributed by atoms with E-state index < -0.39 is 10.0 Å². The minimum atomic E-state index is -3.48. The third-order valence-corrected chi connectivity index (χ3v) is 6.60. The van der Waals surface area contributed by atoms with Crippen LogP contribution in [0.25, 0.3) is 0 Å². The predicted molar refractivity (Wildman–Crippen MR) is 80.4 cm³/mol. The maximum absolute atomic E-state index is 12.6. The van der Waals surface area contributed by atoms with E-state index >= 15 is 0 Å². The fraction of sp³-hybridized carbons (Fsp3) is 0.538. The molecule has 1 aliphatic rings. The lowest BCUT2D eigenvalue weighted by Gasteiger charge is -2.25. The summed E-state index contributed by atoms with van der Waals surface area (Å²) >= 11 is 3.31. The fourth-order valence-corrected chi connectivity index (χ4v) is 4.32. The summed E-state index contributed by atoms with van der Waals surface area (Å²) in [5, 5.41) is 0. The van der Waals surface area contributed by atoms with Gasteiger partial charge in [0, 0.05) is 23.2 Å². The number of anilines is 1. The number of halogens is 1. The van der Waals surface area contributed by atoms with E-state index in [1.807, 2.05) is 6.92 Å². The standard InChI is InChI=1S/C13H19BrN2O2S/c1-8-6-11(14)12(15)7-13(8)19(17,18)16(3)9(2)10-4-5-10/h6-7,9-10H,4-5,15H2,1-3H3. The first-order chi connectivity index (χ1) is 8.75. The molecule has 6 heteroatoms. The molecule has 0 spiro atoms. The highest BCUT2D eigenvalue weighted by Gasteiger charge is 2.36. The van der Waals surface area contributed by atoms with Crippen molar-refractivity contribution in [1.82, 2.24) is 4.31 Å². The van der Waals surface area contributed by atoms with Gasteiger partial charge in [-0.1, -0.05) is 0 Å². The number of nitrogens with zero attached hydrogens (tertiary/aromatic N) is 1. The SMILES string of the molecule is Cc1cc(Br)c(N)cc1S(=O)(=O)N(C)C(C)C1CC1. The second-order valence-electron chi connectivity index (χ2n) is 5.24. The summed E-state index contributed by atoms with van der Waals surface area (Å²) in [5.74, 6) is 0.493. The van der Waals surface area contributed by atoms with Crippen molar-refractivity contribution < 1.29 is 8.42 Å². The van der Waals surface area contributed by atoms with Crippen molar-refractivity contribution in [2.24, 2.45) is 5.92 Å². The Morgan fingerprint density at radius 1 is 1.42 bits per heavy atom. The molecule has 1 aliphatic carbocycles. The van der Waals surface area contributed by atoms with E-state index in [1.54, 1.807) is 20.0 Å². The van der Waals surface area contributed by atoms with Gasteiger partial charge in [0.15, 0.2) is 0 Å². The molecule has 0 aromatic heterocycles. The van der Waals surface area contributed by atoms with Gasteiger partial charge < -0.3 is 5.73 Å². The Kier molecular flexibility index (Phi) is 3.95. The van der Waals surface area contributed by atoms with Gasteiger partial charge in [0.2, 0.25) is 10.0 Å². The molecule has 4 nitrogen and oxygen atoms in total. The number of nitrogens with two attached hydrogens (primary N) is 1. The van der Waals surface area contributed by atoms with Gasteiger partial charge in [-0.3, -0.25) is 0 Å². The van der Waals surface area contributed by atoms with Crippen molar-refractivity contribution in [3.63, 3.8) is 0 Å². The van der Waals surface area contributed by atoms with Gasteiger partial charge in [0.05, 0.1) is 4.90 Å². The highest BCUT2D eigenvalue weighted by Crippen LogP contribution is 2.37. The number of nitrogen functional groups attached to an aromatic ring is 1. The zero-order valence-electron chi connectivity index (χ0n) is 11.4. The maximum Gasteiger partial charge on any atom is 0.243 e. The smallest absolute Gasteiger partial charge is 0.243 e. The Balaban J connectivity index is 2.41. The molecule has 0 bridgehead atoms. The summed E-state index contributed by atoms with van der Waals surface area (Å²) in [6.07, 6.45) is 2.23. The van der Waals surface area contributed by atoms with Crippen molar-refractivity contribution in [2.45, 2.75) is 37.6 Å². The van der Waals surface area contributed by atoms with Crippen LogP contribution in [0.2, 0.25) is 0 Å². The summed E-state index contributed by atoms with van der Waals surface area (Å²) in [6, 6.07) is 3.32. The van der Waals surface area contributed by atoms with Crippen molar-refractivity contribution in [3.05, 3.63) is 22.2 Å². The van der Waals surface area contributed by atoms with Crippen molar-refractivity contribution in [1.29, 1.82) is 0 Å². The first-order valence-corrected chi connectivity index (χ1v) is 8.52. The van der Waals surface area contributed by atoms with Crippen LogP contribution in [0.1, 0.15) is 25.3 Å². The third-order valence-electron chi connectivity index (χ3n) is 3.83. The average molecular weight is 347 g/mol. The van der Waals surface area contributed by atoms with Crippen LogP contribution in [0.5, 0.6) is 0 Å². The highest BCUT2D eigenvalue weighted by atomic mass is 79.9. The van der Waals surface area contributed by atoms with Gasteiger partial charge in [-0.05, 0) is 66.2 Å². The molecular formula is C13H19BrN2O2S. The van der Waals surface area contributed by atoms with E-state index in [2.05, 4.69) is 15.9 Å². The Morgan fingerprint density at radius 2 is 2.00 bits per heavy atom. The topological polar surface area (TPSA) is 63.4 Å². The van der Waals surface area contributed by atoms with Gasteiger partial charge in [0.1, 0.15) is 0 Å². The fourth-order valence-electron chi connectivity index (χ4n) is 2.20. The summed E-state index contributed by atoms with van der Waals surface area (Å²) in [7, 11) is -1.83. The summed E-state index contributed by atoms with van der Waals surface area (Å²) in [6.45, 7) is 3.75. The molecule has 19 heavy (non-hydrogen) atoms. The molecule has 1 saturated carbocycles. The van der Waals surface area contributed by atoms with Crippen LogP contribution in [-0.4, -0.2) is 25.8 Å². The molecule has 0 saturated heterocycles. The van der Waals surface area contributed by atoms with Gasteiger partial charge in [-0.25, -0.2) is 8.42 Å². The molecule has 2 N–H and O–H groups in total. The number of hydrogen-bond donors (Lipinski definition) is 1. The van der Waals surface area contributed by atoms with E-state index in [9.17, 15) is 8.42 Å². The molecule has 106 valence electrons. The van der Waals surface area contributed by atoms with E-state index in [4.69, 9.17) is 5.73 Å². The predicted octanol–water partition coefficient (Wildman–Crippen LogP) is 2.76. The Labute approximate surface area is 123 Å². The summed E-state index contributed by atoms with van der Waals surface area (Å²) < 4.78 is 27.5. The molecule has 1 fully saturated rings. The van der Waals surface area contributed by atoms with Crippen molar-refractivity contribution >= 4 is 31.6 Å². The van der Waals surface area contributed by atoms with Gasteiger partial charge in [-0.2, -0.15) is 4.31 Å². The molecule has 1 aromatic carbocycles. The molecule has 2 rings (SSSR count).